The summed E-state index contributed by atoms with van der Waals surface area (Å²) in [5.74, 6) is -0.235. The van der Waals surface area contributed by atoms with Gasteiger partial charge in [-0.05, 0) is 35.7 Å². The largest absolute Gasteiger partial charge is 0.379 e. The molecular formula is C19H27NO4. The smallest absolute Gasteiger partial charge is 0.236 e. The van der Waals surface area contributed by atoms with Crippen molar-refractivity contribution in [2.75, 3.05) is 6.54 Å². The molecule has 0 aliphatic heterocycles. The van der Waals surface area contributed by atoms with E-state index in [1.165, 1.54) is 0 Å². The van der Waals surface area contributed by atoms with Gasteiger partial charge in [0, 0.05) is 10.8 Å². The Bertz CT molecular complexity index is 584. The Morgan fingerprint density at radius 1 is 1.33 bits per heavy atom. The number of ketones is 1. The van der Waals surface area contributed by atoms with E-state index in [4.69, 9.17) is 0 Å². The summed E-state index contributed by atoms with van der Waals surface area (Å²) in [6.07, 6.45) is 1.11. The molecule has 1 fully saturated rings. The molecule has 1 aliphatic carbocycles. The quantitative estimate of drug-likeness (QED) is 0.640. The molecule has 0 radical (unpaired) electrons. The average Bonchev–Trinajstić information content (AvgIpc) is 2.54. The van der Waals surface area contributed by atoms with Crippen LogP contribution in [0.4, 0.5) is 0 Å². The molecule has 132 valence electrons. The first-order valence-electron chi connectivity index (χ1n) is 8.62. The SMILES string of the molecule is C[C@@H]1CC[C@H](C(C)(C)c2ccccc2)[C@H](C(=O)[C@H](O)C[N+](=O)[O-])C1. The van der Waals surface area contributed by atoms with Crippen LogP contribution < -0.4 is 0 Å². The van der Waals surface area contributed by atoms with Gasteiger partial charge >= 0.3 is 0 Å². The van der Waals surface area contributed by atoms with E-state index < -0.39 is 17.6 Å². The highest BCUT2D eigenvalue weighted by atomic mass is 16.6. The van der Waals surface area contributed by atoms with Crippen molar-refractivity contribution >= 4 is 5.78 Å². The predicted molar refractivity (Wildman–Crippen MR) is 92.3 cm³/mol. The fourth-order valence-electron chi connectivity index (χ4n) is 4.12. The summed E-state index contributed by atoms with van der Waals surface area (Å²) in [6, 6.07) is 10.1. The van der Waals surface area contributed by atoms with Gasteiger partial charge in [-0.2, -0.15) is 0 Å². The molecule has 1 aliphatic rings. The van der Waals surface area contributed by atoms with Crippen LogP contribution in [-0.2, 0) is 10.2 Å². The normalized spacial score (nSPS) is 25.9. The topological polar surface area (TPSA) is 80.4 Å². The van der Waals surface area contributed by atoms with Crippen molar-refractivity contribution in [2.24, 2.45) is 17.8 Å². The van der Waals surface area contributed by atoms with E-state index in [0.29, 0.717) is 12.3 Å². The second-order valence-electron chi connectivity index (χ2n) is 7.65. The van der Waals surface area contributed by atoms with Crippen molar-refractivity contribution in [1.82, 2.24) is 0 Å². The zero-order chi connectivity index (χ0) is 17.9. The number of nitrogens with zero attached hydrogens (tertiary/aromatic N) is 1. The first kappa shape index (κ1) is 18.6. The van der Waals surface area contributed by atoms with Crippen LogP contribution in [0.25, 0.3) is 0 Å². The summed E-state index contributed by atoms with van der Waals surface area (Å²) in [4.78, 5) is 22.7. The van der Waals surface area contributed by atoms with Gasteiger partial charge in [-0.15, -0.1) is 0 Å². The van der Waals surface area contributed by atoms with Crippen molar-refractivity contribution in [3.05, 3.63) is 46.0 Å². The van der Waals surface area contributed by atoms with E-state index in [2.05, 4.69) is 32.9 Å². The molecule has 2 rings (SSSR count). The molecule has 24 heavy (non-hydrogen) atoms. The fraction of sp³-hybridized carbons (Fsp3) is 0.632. The summed E-state index contributed by atoms with van der Waals surface area (Å²) in [5.41, 5.74) is 0.932. The zero-order valence-corrected chi connectivity index (χ0v) is 14.6. The number of aliphatic hydroxyl groups excluding tert-OH is 1. The number of nitro groups is 1. The van der Waals surface area contributed by atoms with Crippen molar-refractivity contribution in [3.8, 4) is 0 Å². The van der Waals surface area contributed by atoms with Crippen LogP contribution in [0.1, 0.15) is 45.6 Å². The average molecular weight is 333 g/mol. The third-order valence-electron chi connectivity index (χ3n) is 5.57. The molecule has 1 aromatic carbocycles. The van der Waals surface area contributed by atoms with Crippen LogP contribution in [0, 0.1) is 27.9 Å². The number of carbonyl (C=O) groups excluding carboxylic acids is 1. The zero-order valence-electron chi connectivity index (χ0n) is 14.6. The maximum atomic E-state index is 12.7. The van der Waals surface area contributed by atoms with Gasteiger partial charge in [-0.3, -0.25) is 14.9 Å². The summed E-state index contributed by atoms with van der Waals surface area (Å²) >= 11 is 0. The number of benzene rings is 1. The van der Waals surface area contributed by atoms with E-state index in [1.54, 1.807) is 0 Å². The number of hydrogen-bond donors (Lipinski definition) is 1. The Morgan fingerprint density at radius 3 is 2.54 bits per heavy atom. The Hall–Kier alpha value is -1.75. The van der Waals surface area contributed by atoms with Crippen LogP contribution in [0.15, 0.2) is 30.3 Å². The summed E-state index contributed by atoms with van der Waals surface area (Å²) < 4.78 is 0. The minimum atomic E-state index is -1.51. The lowest BCUT2D eigenvalue weighted by Crippen LogP contribution is -2.45. The maximum absolute atomic E-state index is 12.7. The molecule has 0 heterocycles. The Morgan fingerprint density at radius 2 is 1.96 bits per heavy atom. The van der Waals surface area contributed by atoms with E-state index in [9.17, 15) is 20.0 Å². The lowest BCUT2D eigenvalue weighted by Gasteiger charge is -2.44. The second-order valence-corrected chi connectivity index (χ2v) is 7.65. The number of carbonyl (C=O) groups is 1. The van der Waals surface area contributed by atoms with E-state index in [1.807, 2.05) is 18.2 Å². The van der Waals surface area contributed by atoms with Crippen LogP contribution in [-0.4, -0.2) is 28.5 Å². The van der Waals surface area contributed by atoms with Gasteiger partial charge in [-0.25, -0.2) is 0 Å². The highest BCUT2D eigenvalue weighted by Crippen LogP contribution is 2.46. The number of Topliss-reactive ketones (excluding diaryl/α,β-unsaturated/α-hetero) is 1. The molecule has 0 saturated heterocycles. The summed E-state index contributed by atoms with van der Waals surface area (Å²) in [7, 11) is 0. The van der Waals surface area contributed by atoms with Crippen LogP contribution in [0.5, 0.6) is 0 Å². The van der Waals surface area contributed by atoms with Crippen molar-refractivity contribution < 1.29 is 14.8 Å². The van der Waals surface area contributed by atoms with Crippen LogP contribution in [0.3, 0.4) is 0 Å². The van der Waals surface area contributed by atoms with Crippen molar-refractivity contribution in [3.63, 3.8) is 0 Å². The fourth-order valence-corrected chi connectivity index (χ4v) is 4.12. The Labute approximate surface area is 143 Å². The molecule has 0 aromatic heterocycles. The standard InChI is InChI=1S/C19H27NO4/c1-13-9-10-16(19(2,3)14-7-5-4-6-8-14)15(11-13)18(22)17(21)12-20(23)24/h4-8,13,15-17,21H,9-12H2,1-3H3/t13-,15-,16+,17-/m1/s1. The number of hydrogen-bond acceptors (Lipinski definition) is 4. The number of aliphatic hydroxyl groups is 1. The van der Waals surface area contributed by atoms with Gasteiger partial charge in [0.25, 0.3) is 0 Å². The molecule has 0 spiro atoms. The molecule has 0 amide bonds. The van der Waals surface area contributed by atoms with Gasteiger partial charge < -0.3 is 5.11 Å². The van der Waals surface area contributed by atoms with E-state index >= 15 is 0 Å². The Kier molecular flexibility index (Phi) is 5.75. The lowest BCUT2D eigenvalue weighted by atomic mass is 9.60. The third kappa shape index (κ3) is 4.01. The van der Waals surface area contributed by atoms with Gasteiger partial charge in [0.15, 0.2) is 11.9 Å². The molecule has 1 saturated carbocycles. The highest BCUT2D eigenvalue weighted by molar-refractivity contribution is 5.85. The number of rotatable bonds is 6. The van der Waals surface area contributed by atoms with E-state index in [0.717, 1.165) is 18.4 Å². The summed E-state index contributed by atoms with van der Waals surface area (Å²) in [6.45, 7) is 5.65. The molecule has 1 N–H and O–H groups in total. The van der Waals surface area contributed by atoms with Crippen LogP contribution >= 0.6 is 0 Å². The molecule has 5 heteroatoms. The van der Waals surface area contributed by atoms with Crippen molar-refractivity contribution in [2.45, 2.75) is 51.6 Å². The van der Waals surface area contributed by atoms with Crippen LogP contribution in [0.2, 0.25) is 0 Å². The van der Waals surface area contributed by atoms with E-state index in [-0.39, 0.29) is 23.0 Å². The molecule has 0 bridgehead atoms. The predicted octanol–water partition coefficient (Wildman–Crippen LogP) is 3.22. The molecule has 0 unspecified atom stereocenters. The molecule has 4 atom stereocenters. The maximum Gasteiger partial charge on any atom is 0.236 e. The molecule has 1 aromatic rings. The van der Waals surface area contributed by atoms with Gasteiger partial charge in [0.1, 0.15) is 0 Å². The van der Waals surface area contributed by atoms with Gasteiger partial charge in [0.05, 0.1) is 0 Å². The monoisotopic (exact) mass is 333 g/mol. The van der Waals surface area contributed by atoms with Gasteiger partial charge in [0.2, 0.25) is 6.54 Å². The molecule has 5 nitrogen and oxygen atoms in total. The van der Waals surface area contributed by atoms with Gasteiger partial charge in [-0.1, -0.05) is 57.5 Å². The summed E-state index contributed by atoms with van der Waals surface area (Å²) in [5, 5.41) is 20.6. The highest BCUT2D eigenvalue weighted by Gasteiger charge is 2.44. The first-order valence-corrected chi connectivity index (χ1v) is 8.62. The second kappa shape index (κ2) is 7.43. The van der Waals surface area contributed by atoms with Crippen molar-refractivity contribution in [1.29, 1.82) is 0 Å². The molecular weight excluding hydrogens is 306 g/mol. The lowest BCUT2D eigenvalue weighted by molar-refractivity contribution is -0.487. The minimum absolute atomic E-state index is 0.0741. The Balaban J connectivity index is 2.28. The third-order valence-corrected chi connectivity index (χ3v) is 5.57. The minimum Gasteiger partial charge on any atom is -0.379 e. The first-order chi connectivity index (χ1) is 11.2.